The lowest BCUT2D eigenvalue weighted by Crippen LogP contribution is -2.25. The third-order valence-corrected chi connectivity index (χ3v) is 1.03. The fourth-order valence-electron chi connectivity index (χ4n) is 0.464. The molecule has 0 aliphatic carbocycles. The molecule has 0 spiro atoms. The van der Waals surface area contributed by atoms with Gasteiger partial charge in [-0.2, -0.15) is 8.78 Å². The number of alkyl halides is 2. The Morgan fingerprint density at radius 2 is 2.22 bits per heavy atom. The zero-order valence-corrected chi connectivity index (χ0v) is 5.06. The minimum atomic E-state index is -3.72. The van der Waals surface area contributed by atoms with Crippen LogP contribution in [-0.4, -0.2) is 11.2 Å². The zero-order valence-electron chi connectivity index (χ0n) is 5.06. The molecule has 0 saturated carbocycles. The summed E-state index contributed by atoms with van der Waals surface area (Å²) in [7, 11) is 0. The second kappa shape index (κ2) is 2.79. The Balaban J connectivity index is 4.00. The fourth-order valence-corrected chi connectivity index (χ4v) is 0.464. The summed E-state index contributed by atoms with van der Waals surface area (Å²) in [6.45, 7) is 1.49. The molecule has 0 heterocycles. The molecule has 1 N–H and O–H groups in total. The fraction of sp³-hybridized carbons (Fsp3) is 0.667. The van der Waals surface area contributed by atoms with E-state index in [9.17, 15) is 8.78 Å². The first-order chi connectivity index (χ1) is 4.02. The zero-order chi connectivity index (χ0) is 7.49. The van der Waals surface area contributed by atoms with Crippen LogP contribution in [0.1, 0.15) is 13.3 Å². The van der Waals surface area contributed by atoms with Crippen LogP contribution >= 0.6 is 0 Å². The van der Waals surface area contributed by atoms with Crippen molar-refractivity contribution in [3.05, 3.63) is 0 Å². The standard InChI is InChI=1S/C6H8F2O/c1-3-5(4-2)6(7,8)9/h1,5,9H,4H2,2H3. The van der Waals surface area contributed by atoms with Crippen molar-refractivity contribution in [2.24, 2.45) is 5.92 Å². The molecule has 0 amide bonds. The molecule has 1 atom stereocenters. The highest BCUT2D eigenvalue weighted by atomic mass is 19.3. The van der Waals surface area contributed by atoms with E-state index in [4.69, 9.17) is 5.11 Å². The Hall–Kier alpha value is -0.620. The topological polar surface area (TPSA) is 20.2 Å². The molecular weight excluding hydrogens is 126 g/mol. The van der Waals surface area contributed by atoms with E-state index in [1.165, 1.54) is 6.92 Å². The molecule has 1 unspecified atom stereocenters. The van der Waals surface area contributed by atoms with E-state index in [1.54, 1.807) is 5.92 Å². The summed E-state index contributed by atoms with van der Waals surface area (Å²) < 4.78 is 23.6. The average Bonchev–Trinajstić information content (AvgIpc) is 1.65. The van der Waals surface area contributed by atoms with Crippen molar-refractivity contribution in [1.82, 2.24) is 0 Å². The predicted octanol–water partition coefficient (Wildman–Crippen LogP) is 1.23. The Morgan fingerprint density at radius 1 is 1.78 bits per heavy atom. The molecule has 1 nitrogen and oxygen atoms in total. The summed E-state index contributed by atoms with van der Waals surface area (Å²) in [5.41, 5.74) is 0. The molecule has 0 fully saturated rings. The van der Waals surface area contributed by atoms with Gasteiger partial charge in [0.1, 0.15) is 5.92 Å². The van der Waals surface area contributed by atoms with Crippen molar-refractivity contribution >= 4 is 0 Å². The van der Waals surface area contributed by atoms with E-state index in [1.807, 2.05) is 0 Å². The van der Waals surface area contributed by atoms with Gasteiger partial charge in [-0.25, -0.2) is 0 Å². The molecular formula is C6H8F2O. The van der Waals surface area contributed by atoms with E-state index >= 15 is 0 Å². The van der Waals surface area contributed by atoms with Gasteiger partial charge in [0.2, 0.25) is 0 Å². The first-order valence-corrected chi connectivity index (χ1v) is 2.58. The molecule has 0 aliphatic rings. The quantitative estimate of drug-likeness (QED) is 0.563. The summed E-state index contributed by atoms with van der Waals surface area (Å²) in [4.78, 5) is 0. The van der Waals surface area contributed by atoms with Crippen LogP contribution in [0.3, 0.4) is 0 Å². The second-order valence-electron chi connectivity index (χ2n) is 1.72. The number of aliphatic hydroxyl groups is 1. The Morgan fingerprint density at radius 3 is 2.22 bits per heavy atom. The molecule has 3 heteroatoms. The minimum absolute atomic E-state index is 0.0833. The van der Waals surface area contributed by atoms with Gasteiger partial charge in [0.15, 0.2) is 0 Å². The van der Waals surface area contributed by atoms with E-state index < -0.39 is 12.0 Å². The number of hydrogen-bond acceptors (Lipinski definition) is 1. The molecule has 0 rings (SSSR count). The molecule has 0 aromatic carbocycles. The summed E-state index contributed by atoms with van der Waals surface area (Å²) in [6.07, 6.45) is 1.04. The lowest BCUT2D eigenvalue weighted by Gasteiger charge is -2.13. The molecule has 52 valence electrons. The maximum Gasteiger partial charge on any atom is 0.367 e. The normalized spacial score (nSPS) is 14.6. The van der Waals surface area contributed by atoms with Gasteiger partial charge < -0.3 is 5.11 Å². The van der Waals surface area contributed by atoms with Crippen molar-refractivity contribution < 1.29 is 13.9 Å². The highest BCUT2D eigenvalue weighted by molar-refractivity contribution is 4.95. The second-order valence-corrected chi connectivity index (χ2v) is 1.72. The van der Waals surface area contributed by atoms with E-state index in [2.05, 4.69) is 6.42 Å². The highest BCUT2D eigenvalue weighted by Crippen LogP contribution is 2.22. The van der Waals surface area contributed by atoms with E-state index in [0.717, 1.165) is 0 Å². The van der Waals surface area contributed by atoms with Crippen LogP contribution in [0.2, 0.25) is 0 Å². The van der Waals surface area contributed by atoms with Gasteiger partial charge in [0.25, 0.3) is 0 Å². The molecule has 0 aromatic heterocycles. The number of halogens is 2. The van der Waals surface area contributed by atoms with Gasteiger partial charge >= 0.3 is 6.11 Å². The summed E-state index contributed by atoms with van der Waals surface area (Å²) in [5, 5.41) is 8.00. The monoisotopic (exact) mass is 134 g/mol. The van der Waals surface area contributed by atoms with Crippen LogP contribution in [0, 0.1) is 18.3 Å². The van der Waals surface area contributed by atoms with Crippen molar-refractivity contribution in [2.75, 3.05) is 0 Å². The molecule has 0 bridgehead atoms. The first kappa shape index (κ1) is 8.38. The maximum atomic E-state index is 11.8. The van der Waals surface area contributed by atoms with Crippen LogP contribution in [-0.2, 0) is 0 Å². The van der Waals surface area contributed by atoms with Crippen LogP contribution in [0.5, 0.6) is 0 Å². The van der Waals surface area contributed by atoms with Gasteiger partial charge in [-0.1, -0.05) is 12.8 Å². The number of terminal acetylenes is 1. The Kier molecular flexibility index (Phi) is 2.60. The molecule has 9 heavy (non-hydrogen) atoms. The van der Waals surface area contributed by atoms with Crippen LogP contribution in [0.25, 0.3) is 0 Å². The Bertz CT molecular complexity index is 120. The SMILES string of the molecule is C#CC(CC)C(O)(F)F. The third-order valence-electron chi connectivity index (χ3n) is 1.03. The third kappa shape index (κ3) is 2.43. The summed E-state index contributed by atoms with van der Waals surface area (Å²) >= 11 is 0. The highest BCUT2D eigenvalue weighted by Gasteiger charge is 2.33. The summed E-state index contributed by atoms with van der Waals surface area (Å²) in [6, 6.07) is 0. The van der Waals surface area contributed by atoms with Crippen molar-refractivity contribution in [2.45, 2.75) is 19.5 Å². The molecule has 0 saturated heterocycles. The van der Waals surface area contributed by atoms with Crippen molar-refractivity contribution in [3.8, 4) is 12.3 Å². The smallest absolute Gasteiger partial charge is 0.335 e. The van der Waals surface area contributed by atoms with Crippen molar-refractivity contribution in [1.29, 1.82) is 0 Å². The summed E-state index contributed by atoms with van der Waals surface area (Å²) in [5.74, 6) is 0.442. The molecule has 0 aliphatic heterocycles. The average molecular weight is 134 g/mol. The Labute approximate surface area is 52.7 Å². The van der Waals surface area contributed by atoms with Crippen molar-refractivity contribution in [3.63, 3.8) is 0 Å². The van der Waals surface area contributed by atoms with Gasteiger partial charge in [-0.05, 0) is 6.42 Å². The van der Waals surface area contributed by atoms with Gasteiger partial charge in [-0.3, -0.25) is 0 Å². The lowest BCUT2D eigenvalue weighted by atomic mass is 10.1. The van der Waals surface area contributed by atoms with E-state index in [-0.39, 0.29) is 6.42 Å². The maximum absolute atomic E-state index is 11.8. The largest absolute Gasteiger partial charge is 0.367 e. The van der Waals surface area contributed by atoms with Crippen LogP contribution < -0.4 is 0 Å². The van der Waals surface area contributed by atoms with E-state index in [0.29, 0.717) is 0 Å². The molecule has 0 radical (unpaired) electrons. The minimum Gasteiger partial charge on any atom is -0.335 e. The predicted molar refractivity (Wildman–Crippen MR) is 29.8 cm³/mol. The van der Waals surface area contributed by atoms with Gasteiger partial charge in [-0.15, -0.1) is 6.42 Å². The lowest BCUT2D eigenvalue weighted by molar-refractivity contribution is -0.224. The van der Waals surface area contributed by atoms with Gasteiger partial charge in [0, 0.05) is 0 Å². The van der Waals surface area contributed by atoms with Crippen LogP contribution in [0.4, 0.5) is 8.78 Å². The first-order valence-electron chi connectivity index (χ1n) is 2.58. The number of rotatable bonds is 2. The molecule has 0 aromatic rings. The van der Waals surface area contributed by atoms with Gasteiger partial charge in [0.05, 0.1) is 0 Å². The van der Waals surface area contributed by atoms with Crippen LogP contribution in [0.15, 0.2) is 0 Å². The number of hydrogen-bond donors (Lipinski definition) is 1.